The molecule has 0 saturated carbocycles. The van der Waals surface area contributed by atoms with Crippen LogP contribution >= 0.6 is 0 Å². The third-order valence-electron chi connectivity index (χ3n) is 3.26. The Balaban J connectivity index is 0.00000180. The Kier molecular flexibility index (Phi) is 6.62. The number of carbonyl (C=O) groups is 2. The van der Waals surface area contributed by atoms with E-state index >= 15 is 0 Å². The minimum Gasteiger partial charge on any atom is -0.548 e. The molecule has 1 aliphatic rings. The van der Waals surface area contributed by atoms with Gasteiger partial charge in [-0.1, -0.05) is 12.5 Å². The second-order valence-electron chi connectivity index (χ2n) is 4.66. The quantitative estimate of drug-likeness (QED) is 0.594. The minimum absolute atomic E-state index is 0. The van der Waals surface area contributed by atoms with Crippen LogP contribution in [0.15, 0.2) is 24.5 Å². The number of carboxylic acids is 1. The van der Waals surface area contributed by atoms with Crippen LogP contribution in [0, 0.1) is 0 Å². The van der Waals surface area contributed by atoms with Gasteiger partial charge in [0.15, 0.2) is 0 Å². The Morgan fingerprint density at radius 3 is 2.89 bits per heavy atom. The van der Waals surface area contributed by atoms with Gasteiger partial charge < -0.3 is 15.2 Å². The average Bonchev–Trinajstić information content (AvgIpc) is 2.53. The molecule has 2 heterocycles. The third-order valence-corrected chi connectivity index (χ3v) is 3.26. The van der Waals surface area contributed by atoms with Gasteiger partial charge in [0.05, 0.1) is 11.5 Å². The zero-order valence-corrected chi connectivity index (χ0v) is 14.1. The van der Waals surface area contributed by atoms with Crippen LogP contribution in [0.3, 0.4) is 0 Å². The van der Waals surface area contributed by atoms with Crippen molar-refractivity contribution in [3.63, 3.8) is 0 Å². The molecule has 0 bridgehead atoms. The van der Waals surface area contributed by atoms with Gasteiger partial charge in [0, 0.05) is 25.2 Å². The van der Waals surface area contributed by atoms with Gasteiger partial charge >= 0.3 is 51.4 Å². The van der Waals surface area contributed by atoms with E-state index in [1.807, 2.05) is 0 Å². The summed E-state index contributed by atoms with van der Waals surface area (Å²) >= 11 is 0. The number of nitrogens with one attached hydrogen (secondary N) is 1. The smallest absolute Gasteiger partial charge is 0.548 e. The summed E-state index contributed by atoms with van der Waals surface area (Å²) in [6, 6.07) is 3.55. The van der Waals surface area contributed by atoms with E-state index < -0.39 is 11.5 Å². The normalized spacial score (nSPS) is 22.8. The molecule has 1 aliphatic heterocycles. The zero-order chi connectivity index (χ0) is 13.0. The molecule has 1 unspecified atom stereocenters. The molecule has 1 aromatic rings. The van der Waals surface area contributed by atoms with Gasteiger partial charge in [0.2, 0.25) is 5.91 Å². The average molecular weight is 286 g/mol. The van der Waals surface area contributed by atoms with E-state index in [1.165, 1.54) is 0 Å². The molecule has 1 N–H and O–H groups in total. The van der Waals surface area contributed by atoms with Crippen LogP contribution in [0.2, 0.25) is 0 Å². The number of carbonyl (C=O) groups excluding carboxylic acids is 2. The standard InChI is InChI=1S/C13H16N2O3.K/c16-11-5-1-2-6-13(15-11,12(17)18)8-10-4-3-7-14-9-10;/h3-4,7,9H,1-2,5-6,8H2,(H,15,16)(H,17,18);/q;+1/p-1. The van der Waals surface area contributed by atoms with E-state index in [0.717, 1.165) is 5.56 Å². The first-order chi connectivity index (χ1) is 8.62. The van der Waals surface area contributed by atoms with Crippen molar-refractivity contribution < 1.29 is 66.1 Å². The molecule has 1 aromatic heterocycles. The Labute approximate surface area is 154 Å². The van der Waals surface area contributed by atoms with Crippen molar-refractivity contribution in [2.75, 3.05) is 0 Å². The summed E-state index contributed by atoms with van der Waals surface area (Å²) in [6.07, 6.45) is 5.65. The second-order valence-corrected chi connectivity index (χ2v) is 4.66. The van der Waals surface area contributed by atoms with Crippen LogP contribution in [0.5, 0.6) is 0 Å². The van der Waals surface area contributed by atoms with E-state index in [1.54, 1.807) is 24.5 Å². The van der Waals surface area contributed by atoms with E-state index in [0.29, 0.717) is 25.7 Å². The Morgan fingerprint density at radius 2 is 2.26 bits per heavy atom. The molecule has 5 nitrogen and oxygen atoms in total. The van der Waals surface area contributed by atoms with Gasteiger partial charge in [0.1, 0.15) is 0 Å². The summed E-state index contributed by atoms with van der Waals surface area (Å²) in [5.41, 5.74) is -0.514. The zero-order valence-electron chi connectivity index (χ0n) is 11.0. The fraction of sp³-hybridized carbons (Fsp3) is 0.462. The minimum atomic E-state index is -1.30. The Bertz CT molecular complexity index is 452. The monoisotopic (exact) mass is 286 g/mol. The maximum atomic E-state index is 11.6. The van der Waals surface area contributed by atoms with Gasteiger partial charge in [0.25, 0.3) is 0 Å². The summed E-state index contributed by atoms with van der Waals surface area (Å²) in [5, 5.41) is 14.0. The summed E-state index contributed by atoms with van der Waals surface area (Å²) in [6.45, 7) is 0. The number of rotatable bonds is 3. The predicted octanol–water partition coefficient (Wildman–Crippen LogP) is -3.19. The molecule has 2 rings (SSSR count). The van der Waals surface area contributed by atoms with Gasteiger partial charge in [-0.05, 0) is 24.5 Å². The topological polar surface area (TPSA) is 82.1 Å². The van der Waals surface area contributed by atoms with Crippen molar-refractivity contribution in [3.8, 4) is 0 Å². The fourth-order valence-corrected chi connectivity index (χ4v) is 2.31. The summed E-state index contributed by atoms with van der Waals surface area (Å²) in [7, 11) is 0. The van der Waals surface area contributed by atoms with Gasteiger partial charge in [-0.15, -0.1) is 0 Å². The molecule has 96 valence electrons. The first kappa shape index (κ1) is 16.8. The molecule has 0 spiro atoms. The third kappa shape index (κ3) is 4.36. The molecule has 0 aromatic carbocycles. The number of pyridine rings is 1. The van der Waals surface area contributed by atoms with Crippen LogP contribution in [0.25, 0.3) is 0 Å². The maximum Gasteiger partial charge on any atom is 1.00 e. The number of hydrogen-bond donors (Lipinski definition) is 1. The van der Waals surface area contributed by atoms with Crippen molar-refractivity contribution in [1.29, 1.82) is 0 Å². The van der Waals surface area contributed by atoms with Gasteiger partial charge in [-0.2, -0.15) is 0 Å². The molecule has 1 amide bonds. The first-order valence-electron chi connectivity index (χ1n) is 6.04. The van der Waals surface area contributed by atoms with Crippen molar-refractivity contribution >= 4 is 11.9 Å². The van der Waals surface area contributed by atoms with Crippen LogP contribution in [0.1, 0.15) is 31.2 Å². The molecule has 19 heavy (non-hydrogen) atoms. The second kappa shape index (κ2) is 7.49. The van der Waals surface area contributed by atoms with Crippen molar-refractivity contribution in [2.24, 2.45) is 0 Å². The molecule has 6 heteroatoms. The van der Waals surface area contributed by atoms with Gasteiger partial charge in [-0.25, -0.2) is 0 Å². The molecule has 0 aliphatic carbocycles. The van der Waals surface area contributed by atoms with Crippen LogP contribution in [-0.4, -0.2) is 22.4 Å². The predicted molar refractivity (Wildman–Crippen MR) is 62.3 cm³/mol. The summed E-state index contributed by atoms with van der Waals surface area (Å²) < 4.78 is 0. The van der Waals surface area contributed by atoms with Crippen molar-refractivity contribution in [2.45, 2.75) is 37.6 Å². The molecule has 0 radical (unpaired) electrons. The number of aromatic nitrogens is 1. The maximum absolute atomic E-state index is 11.6. The van der Waals surface area contributed by atoms with E-state index in [9.17, 15) is 14.7 Å². The number of hydrogen-bond acceptors (Lipinski definition) is 4. The largest absolute Gasteiger partial charge is 1.00 e. The van der Waals surface area contributed by atoms with E-state index in [4.69, 9.17) is 0 Å². The van der Waals surface area contributed by atoms with Crippen molar-refractivity contribution in [1.82, 2.24) is 10.3 Å². The molecular weight excluding hydrogens is 271 g/mol. The number of carboxylic acid groups (broad SMARTS) is 1. The number of aliphatic carboxylic acids is 1. The SMILES string of the molecule is O=C1CCCCC(Cc2cccnc2)(C(=O)[O-])N1.[K+]. The molecule has 1 fully saturated rings. The summed E-state index contributed by atoms with van der Waals surface area (Å²) in [5.74, 6) is -1.44. The fourth-order valence-electron chi connectivity index (χ4n) is 2.31. The number of amides is 1. The Hall–Kier alpha value is -0.274. The first-order valence-corrected chi connectivity index (χ1v) is 6.04. The van der Waals surface area contributed by atoms with Crippen LogP contribution in [0.4, 0.5) is 0 Å². The molecular formula is C13H15KN2O3. The van der Waals surface area contributed by atoms with E-state index in [-0.39, 0.29) is 63.7 Å². The molecule has 1 atom stereocenters. The van der Waals surface area contributed by atoms with Crippen LogP contribution in [-0.2, 0) is 16.0 Å². The summed E-state index contributed by atoms with van der Waals surface area (Å²) in [4.78, 5) is 27.0. The Morgan fingerprint density at radius 1 is 1.47 bits per heavy atom. The van der Waals surface area contributed by atoms with Crippen molar-refractivity contribution in [3.05, 3.63) is 30.1 Å². The van der Waals surface area contributed by atoms with Gasteiger partial charge in [-0.3, -0.25) is 9.78 Å². The van der Waals surface area contributed by atoms with Crippen LogP contribution < -0.4 is 61.8 Å². The molecule has 1 saturated heterocycles. The number of nitrogens with zero attached hydrogens (tertiary/aromatic N) is 1. The van der Waals surface area contributed by atoms with E-state index in [2.05, 4.69) is 10.3 Å².